The number of anilines is 1. The molecule has 0 spiro atoms. The molecule has 35 heavy (non-hydrogen) atoms. The highest BCUT2D eigenvalue weighted by Gasteiger charge is 2.42. The molecule has 1 aromatic carbocycles. The van der Waals surface area contributed by atoms with E-state index in [9.17, 15) is 22.8 Å². The number of aryl methyl sites for hydroxylation is 1. The van der Waals surface area contributed by atoms with Crippen LogP contribution in [0.3, 0.4) is 0 Å². The van der Waals surface area contributed by atoms with Crippen LogP contribution in [-0.4, -0.2) is 58.7 Å². The van der Waals surface area contributed by atoms with Gasteiger partial charge in [0.1, 0.15) is 5.82 Å². The van der Waals surface area contributed by atoms with Gasteiger partial charge in [0.2, 0.25) is 12.3 Å². The molecular formula is C26H31F3N4O2. The standard InChI is InChI=1S/C26H31F3N4O2/c1-15-4-5-18(12-30-15)25(34)31-23-11-22(27)10-21(17(23)3)14-32-6-7-33(16(2)13-32)26(35)20-8-19(9-20)24(28)29/h4-5,10-12,16,19-20,24H,6-9,13-14H2,1-3H3,(H,31,34). The molecule has 2 amide bonds. The molecule has 1 saturated heterocycles. The number of benzene rings is 1. The molecule has 1 saturated carbocycles. The minimum absolute atomic E-state index is 0.0356. The number of rotatable bonds is 6. The molecule has 1 N–H and O–H groups in total. The topological polar surface area (TPSA) is 65.5 Å². The molecule has 2 aliphatic rings. The smallest absolute Gasteiger partial charge is 0.257 e. The number of amides is 2. The third-order valence-electron chi connectivity index (χ3n) is 7.17. The Hall–Kier alpha value is -2.94. The molecule has 1 aromatic heterocycles. The van der Waals surface area contributed by atoms with Gasteiger partial charge in [-0.05, 0) is 69.0 Å². The van der Waals surface area contributed by atoms with Crippen LogP contribution in [0.4, 0.5) is 18.9 Å². The molecule has 0 radical (unpaired) electrons. The highest BCUT2D eigenvalue weighted by atomic mass is 19.3. The Balaban J connectivity index is 1.38. The van der Waals surface area contributed by atoms with Gasteiger partial charge in [-0.1, -0.05) is 0 Å². The summed E-state index contributed by atoms with van der Waals surface area (Å²) in [6.07, 6.45) is -0.344. The van der Waals surface area contributed by atoms with E-state index in [0.29, 0.717) is 37.4 Å². The lowest BCUT2D eigenvalue weighted by molar-refractivity contribution is -0.147. The molecular weight excluding hydrogens is 457 g/mol. The zero-order valence-electron chi connectivity index (χ0n) is 20.2. The first-order valence-corrected chi connectivity index (χ1v) is 12.0. The summed E-state index contributed by atoms with van der Waals surface area (Å²) in [4.78, 5) is 33.5. The Bertz CT molecular complexity index is 1090. The fourth-order valence-electron chi connectivity index (χ4n) is 4.87. The second kappa shape index (κ2) is 10.4. The Morgan fingerprint density at radius 1 is 1.17 bits per heavy atom. The van der Waals surface area contributed by atoms with E-state index in [4.69, 9.17) is 0 Å². The van der Waals surface area contributed by atoms with Crippen LogP contribution < -0.4 is 5.32 Å². The number of carbonyl (C=O) groups is 2. The number of hydrogen-bond acceptors (Lipinski definition) is 4. The summed E-state index contributed by atoms with van der Waals surface area (Å²) in [7, 11) is 0. The zero-order valence-corrected chi connectivity index (χ0v) is 20.2. The summed E-state index contributed by atoms with van der Waals surface area (Å²) in [6, 6.07) is 6.13. The molecule has 2 fully saturated rings. The summed E-state index contributed by atoms with van der Waals surface area (Å²) in [5.74, 6) is -1.80. The summed E-state index contributed by atoms with van der Waals surface area (Å²) in [6.45, 7) is 7.81. The van der Waals surface area contributed by atoms with E-state index in [1.807, 2.05) is 20.8 Å². The molecule has 0 bridgehead atoms. The first-order chi connectivity index (χ1) is 16.6. The van der Waals surface area contributed by atoms with Crippen molar-refractivity contribution in [3.63, 3.8) is 0 Å². The van der Waals surface area contributed by atoms with Crippen molar-refractivity contribution in [1.82, 2.24) is 14.8 Å². The molecule has 9 heteroatoms. The predicted molar refractivity (Wildman–Crippen MR) is 127 cm³/mol. The molecule has 1 aliphatic carbocycles. The van der Waals surface area contributed by atoms with Crippen LogP contribution in [0.1, 0.15) is 46.9 Å². The second-order valence-corrected chi connectivity index (χ2v) is 9.76. The largest absolute Gasteiger partial charge is 0.337 e. The van der Waals surface area contributed by atoms with Gasteiger partial charge in [0, 0.05) is 61.6 Å². The SMILES string of the molecule is Cc1ccc(C(=O)Nc2cc(F)cc(CN3CCN(C(=O)C4CC(C(F)F)C4)C(C)C3)c2C)cn1. The van der Waals surface area contributed by atoms with Crippen LogP contribution in [0.5, 0.6) is 0 Å². The van der Waals surface area contributed by atoms with Crippen LogP contribution in [0.2, 0.25) is 0 Å². The number of alkyl halides is 2. The van der Waals surface area contributed by atoms with Crippen molar-refractivity contribution in [3.8, 4) is 0 Å². The lowest BCUT2D eigenvalue weighted by atomic mass is 9.74. The molecule has 188 valence electrons. The van der Waals surface area contributed by atoms with Gasteiger partial charge in [-0.25, -0.2) is 13.2 Å². The Morgan fingerprint density at radius 3 is 2.54 bits per heavy atom. The van der Waals surface area contributed by atoms with Gasteiger partial charge in [0.05, 0.1) is 5.56 Å². The minimum Gasteiger partial charge on any atom is -0.337 e. The van der Waals surface area contributed by atoms with Gasteiger partial charge in [-0.3, -0.25) is 19.5 Å². The number of hydrogen-bond donors (Lipinski definition) is 1. The van der Waals surface area contributed by atoms with E-state index in [1.165, 1.54) is 18.3 Å². The Kier molecular flexibility index (Phi) is 7.44. The van der Waals surface area contributed by atoms with Crippen molar-refractivity contribution in [1.29, 1.82) is 0 Å². The summed E-state index contributed by atoms with van der Waals surface area (Å²) in [5.41, 5.74) is 3.13. The maximum Gasteiger partial charge on any atom is 0.257 e. The lowest BCUT2D eigenvalue weighted by Gasteiger charge is -2.44. The monoisotopic (exact) mass is 488 g/mol. The highest BCUT2D eigenvalue weighted by Crippen LogP contribution is 2.39. The lowest BCUT2D eigenvalue weighted by Crippen LogP contribution is -2.56. The first-order valence-electron chi connectivity index (χ1n) is 12.0. The number of pyridine rings is 1. The minimum atomic E-state index is -2.36. The summed E-state index contributed by atoms with van der Waals surface area (Å²) < 4.78 is 40.0. The van der Waals surface area contributed by atoms with E-state index < -0.39 is 18.2 Å². The Labute approximate surface area is 203 Å². The molecule has 6 nitrogen and oxygen atoms in total. The quantitative estimate of drug-likeness (QED) is 0.654. The van der Waals surface area contributed by atoms with E-state index >= 15 is 0 Å². The third kappa shape index (κ3) is 5.66. The number of piperazine rings is 1. The second-order valence-electron chi connectivity index (χ2n) is 9.76. The van der Waals surface area contributed by atoms with Crippen molar-refractivity contribution in [2.75, 3.05) is 25.0 Å². The van der Waals surface area contributed by atoms with Crippen LogP contribution in [0.25, 0.3) is 0 Å². The maximum atomic E-state index is 14.4. The van der Waals surface area contributed by atoms with Gasteiger partial charge in [0.25, 0.3) is 5.91 Å². The highest BCUT2D eigenvalue weighted by molar-refractivity contribution is 6.04. The van der Waals surface area contributed by atoms with Gasteiger partial charge >= 0.3 is 0 Å². The van der Waals surface area contributed by atoms with Gasteiger partial charge in [0.15, 0.2) is 0 Å². The van der Waals surface area contributed by atoms with Crippen molar-refractivity contribution < 1.29 is 22.8 Å². The van der Waals surface area contributed by atoms with Crippen molar-refractivity contribution in [3.05, 3.63) is 58.7 Å². The average Bonchev–Trinajstić information content (AvgIpc) is 2.76. The van der Waals surface area contributed by atoms with Crippen molar-refractivity contribution in [2.45, 2.75) is 52.6 Å². The van der Waals surface area contributed by atoms with Crippen LogP contribution >= 0.6 is 0 Å². The van der Waals surface area contributed by atoms with Crippen LogP contribution in [0.15, 0.2) is 30.5 Å². The summed E-state index contributed by atoms with van der Waals surface area (Å²) >= 11 is 0. The molecule has 4 rings (SSSR count). The van der Waals surface area contributed by atoms with Crippen LogP contribution in [-0.2, 0) is 11.3 Å². The van der Waals surface area contributed by atoms with Gasteiger partial charge < -0.3 is 10.2 Å². The molecule has 2 aromatic rings. The normalized spacial score (nSPS) is 22.7. The molecule has 1 unspecified atom stereocenters. The molecule has 1 atom stereocenters. The van der Waals surface area contributed by atoms with E-state index in [2.05, 4.69) is 15.2 Å². The van der Waals surface area contributed by atoms with E-state index in [1.54, 1.807) is 17.0 Å². The molecule has 2 heterocycles. The van der Waals surface area contributed by atoms with Gasteiger partial charge in [-0.2, -0.15) is 0 Å². The number of nitrogens with zero attached hydrogens (tertiary/aromatic N) is 3. The van der Waals surface area contributed by atoms with E-state index in [-0.39, 0.29) is 36.6 Å². The number of carbonyl (C=O) groups excluding carboxylic acids is 2. The Morgan fingerprint density at radius 2 is 1.91 bits per heavy atom. The third-order valence-corrected chi connectivity index (χ3v) is 7.17. The predicted octanol–water partition coefficient (Wildman–Crippen LogP) is 4.41. The van der Waals surface area contributed by atoms with Crippen LogP contribution in [0, 0.1) is 31.5 Å². The zero-order chi connectivity index (χ0) is 25.3. The summed E-state index contributed by atoms with van der Waals surface area (Å²) in [5, 5.41) is 2.79. The molecule has 1 aliphatic heterocycles. The average molecular weight is 489 g/mol. The maximum absolute atomic E-state index is 14.4. The number of halogens is 3. The fraction of sp³-hybridized carbons (Fsp3) is 0.500. The fourth-order valence-corrected chi connectivity index (χ4v) is 4.87. The number of aromatic nitrogens is 1. The van der Waals surface area contributed by atoms with Crippen molar-refractivity contribution >= 4 is 17.5 Å². The number of nitrogens with one attached hydrogen (secondary N) is 1. The first kappa shape index (κ1) is 25.2. The van der Waals surface area contributed by atoms with Gasteiger partial charge in [-0.15, -0.1) is 0 Å². The van der Waals surface area contributed by atoms with Crippen molar-refractivity contribution in [2.24, 2.45) is 11.8 Å². The van der Waals surface area contributed by atoms with E-state index in [0.717, 1.165) is 16.8 Å².